The van der Waals surface area contributed by atoms with Gasteiger partial charge in [-0.05, 0) is 49.4 Å². The van der Waals surface area contributed by atoms with Gasteiger partial charge in [-0.2, -0.15) is 0 Å². The van der Waals surface area contributed by atoms with Crippen molar-refractivity contribution in [1.82, 2.24) is 5.32 Å². The number of nitro groups is 1. The predicted molar refractivity (Wildman–Crippen MR) is 122 cm³/mol. The summed E-state index contributed by atoms with van der Waals surface area (Å²) in [5, 5.41) is 17.4. The highest BCUT2D eigenvalue weighted by Gasteiger charge is 2.27. The molecule has 4 N–H and O–H groups in total. The highest BCUT2D eigenvalue weighted by molar-refractivity contribution is 6.00. The average molecular weight is 456 g/mol. The molecule has 0 radical (unpaired) electrons. The lowest BCUT2D eigenvalue weighted by Gasteiger charge is -2.27. The Balaban J connectivity index is 1.75. The normalized spacial score (nSPS) is 17.6. The van der Waals surface area contributed by atoms with Crippen LogP contribution in [0.4, 0.5) is 11.4 Å². The van der Waals surface area contributed by atoms with Gasteiger partial charge in [0.25, 0.3) is 11.6 Å². The van der Waals surface area contributed by atoms with Crippen molar-refractivity contribution in [2.45, 2.75) is 38.3 Å². The molecule has 0 aromatic heterocycles. The van der Waals surface area contributed by atoms with Crippen LogP contribution in [0.25, 0.3) is 0 Å². The minimum Gasteiger partial charge on any atom is -0.493 e. The van der Waals surface area contributed by atoms with Gasteiger partial charge in [-0.15, -0.1) is 0 Å². The van der Waals surface area contributed by atoms with Crippen LogP contribution in [-0.4, -0.2) is 37.0 Å². The molecule has 2 aromatic rings. The number of hydrogen-bond donors (Lipinski definition) is 3. The van der Waals surface area contributed by atoms with Gasteiger partial charge in [-0.1, -0.05) is 6.07 Å². The number of rotatable bonds is 9. The van der Waals surface area contributed by atoms with Gasteiger partial charge in [0, 0.05) is 36.3 Å². The van der Waals surface area contributed by atoms with Crippen LogP contribution in [0.2, 0.25) is 0 Å². The molecule has 0 aliphatic heterocycles. The van der Waals surface area contributed by atoms with E-state index in [-0.39, 0.29) is 29.1 Å². The van der Waals surface area contributed by atoms with Crippen molar-refractivity contribution in [3.05, 3.63) is 57.6 Å². The maximum absolute atomic E-state index is 13.0. The second-order valence-corrected chi connectivity index (χ2v) is 7.95. The molecule has 1 aliphatic carbocycles. The first-order chi connectivity index (χ1) is 15.8. The Morgan fingerprint density at radius 3 is 2.36 bits per heavy atom. The van der Waals surface area contributed by atoms with E-state index in [2.05, 4.69) is 10.6 Å². The van der Waals surface area contributed by atoms with Gasteiger partial charge in [-0.3, -0.25) is 19.7 Å². The number of nitro benzene ring substituents is 1. The van der Waals surface area contributed by atoms with E-state index in [4.69, 9.17) is 15.2 Å². The van der Waals surface area contributed by atoms with E-state index in [0.717, 1.165) is 5.56 Å². The summed E-state index contributed by atoms with van der Waals surface area (Å²) < 4.78 is 10.6. The molecular formula is C23H28N4O6. The number of hydrogen-bond acceptors (Lipinski definition) is 7. The molecule has 0 atom stereocenters. The number of ether oxygens (including phenoxy) is 2. The molecular weight excluding hydrogens is 428 g/mol. The largest absolute Gasteiger partial charge is 0.493 e. The zero-order chi connectivity index (χ0) is 24.0. The number of nitrogens with one attached hydrogen (secondary N) is 2. The predicted octanol–water partition coefficient (Wildman–Crippen LogP) is 3.00. The van der Waals surface area contributed by atoms with Crippen LogP contribution in [0.15, 0.2) is 36.4 Å². The van der Waals surface area contributed by atoms with Crippen LogP contribution in [-0.2, 0) is 11.3 Å². The smallest absolute Gasteiger partial charge is 0.270 e. The number of primary amides is 1. The Kier molecular flexibility index (Phi) is 7.70. The summed E-state index contributed by atoms with van der Waals surface area (Å²) in [6.45, 7) is 0.363. The monoisotopic (exact) mass is 456 g/mol. The van der Waals surface area contributed by atoms with Crippen LogP contribution in [0.3, 0.4) is 0 Å². The van der Waals surface area contributed by atoms with Crippen LogP contribution < -0.4 is 25.8 Å². The molecule has 0 bridgehead atoms. The Hall–Kier alpha value is -3.82. The molecule has 1 saturated carbocycles. The fraction of sp³-hybridized carbons (Fsp3) is 0.391. The lowest BCUT2D eigenvalue weighted by atomic mass is 9.85. The molecule has 0 spiro atoms. The van der Waals surface area contributed by atoms with E-state index in [0.29, 0.717) is 49.4 Å². The van der Waals surface area contributed by atoms with E-state index in [1.807, 2.05) is 12.1 Å². The topological polar surface area (TPSA) is 146 Å². The highest BCUT2D eigenvalue weighted by atomic mass is 16.6. The summed E-state index contributed by atoms with van der Waals surface area (Å²) >= 11 is 0. The molecule has 1 aliphatic rings. The summed E-state index contributed by atoms with van der Waals surface area (Å²) in [6, 6.07) is 9.48. The second kappa shape index (κ2) is 10.7. The molecule has 1 fully saturated rings. The third kappa shape index (κ3) is 5.91. The number of anilines is 1. The van der Waals surface area contributed by atoms with Crippen molar-refractivity contribution in [1.29, 1.82) is 0 Å². The van der Waals surface area contributed by atoms with Crippen LogP contribution >= 0.6 is 0 Å². The maximum atomic E-state index is 13.0. The number of carbonyl (C=O) groups excluding carboxylic acids is 2. The Morgan fingerprint density at radius 2 is 1.76 bits per heavy atom. The van der Waals surface area contributed by atoms with Crippen molar-refractivity contribution in [2.75, 3.05) is 19.5 Å². The minimum atomic E-state index is -0.535. The van der Waals surface area contributed by atoms with E-state index in [1.165, 1.54) is 18.2 Å². The zero-order valence-corrected chi connectivity index (χ0v) is 18.6. The quantitative estimate of drug-likeness (QED) is 0.388. The standard InChI is InChI=1S/C23H28N4O6/c1-32-20-10-3-14(11-21(20)33-2)13-25-19-9-8-17(27(30)31)12-18(19)23(29)26-16-6-4-15(5-7-16)22(24)28/h3,8-12,15-16,25H,4-7,13H2,1-2H3,(H2,24,28)(H,26,29). The molecule has 0 heterocycles. The summed E-state index contributed by atoms with van der Waals surface area (Å²) in [5.74, 6) is 0.276. The van der Waals surface area contributed by atoms with Crippen LogP contribution in [0.1, 0.15) is 41.6 Å². The van der Waals surface area contributed by atoms with E-state index in [9.17, 15) is 19.7 Å². The number of benzene rings is 2. The molecule has 2 aromatic carbocycles. The lowest BCUT2D eigenvalue weighted by molar-refractivity contribution is -0.384. The first-order valence-electron chi connectivity index (χ1n) is 10.7. The minimum absolute atomic E-state index is 0.119. The Morgan fingerprint density at radius 1 is 1.06 bits per heavy atom. The summed E-state index contributed by atoms with van der Waals surface area (Å²) in [4.78, 5) is 35.1. The van der Waals surface area contributed by atoms with Gasteiger partial charge >= 0.3 is 0 Å². The summed E-state index contributed by atoms with van der Waals surface area (Å²) in [6.07, 6.45) is 2.48. The highest BCUT2D eigenvalue weighted by Crippen LogP contribution is 2.29. The van der Waals surface area contributed by atoms with Crippen molar-refractivity contribution in [3.8, 4) is 11.5 Å². The van der Waals surface area contributed by atoms with Gasteiger partial charge in [0.05, 0.1) is 24.7 Å². The average Bonchev–Trinajstić information content (AvgIpc) is 2.82. The fourth-order valence-corrected chi connectivity index (χ4v) is 3.96. The first kappa shape index (κ1) is 23.8. The first-order valence-corrected chi connectivity index (χ1v) is 10.7. The van der Waals surface area contributed by atoms with Crippen molar-refractivity contribution in [3.63, 3.8) is 0 Å². The second-order valence-electron chi connectivity index (χ2n) is 7.95. The lowest BCUT2D eigenvalue weighted by Crippen LogP contribution is -2.40. The van der Waals surface area contributed by atoms with E-state index < -0.39 is 10.8 Å². The van der Waals surface area contributed by atoms with Gasteiger partial charge in [0.1, 0.15) is 0 Å². The fourth-order valence-electron chi connectivity index (χ4n) is 3.96. The SMILES string of the molecule is COc1ccc(CNc2ccc([N+](=O)[O-])cc2C(=O)NC2CCC(C(N)=O)CC2)cc1OC. The molecule has 0 unspecified atom stereocenters. The molecule has 0 saturated heterocycles. The third-order valence-electron chi connectivity index (χ3n) is 5.85. The number of non-ortho nitro benzene ring substituents is 1. The number of nitrogens with two attached hydrogens (primary N) is 1. The summed E-state index contributed by atoms with van der Waals surface area (Å²) in [7, 11) is 3.10. The number of nitrogens with zero attached hydrogens (tertiary/aromatic N) is 1. The number of amides is 2. The molecule has 176 valence electrons. The van der Waals surface area contributed by atoms with Crippen LogP contribution in [0.5, 0.6) is 11.5 Å². The van der Waals surface area contributed by atoms with Crippen molar-refractivity contribution >= 4 is 23.2 Å². The molecule has 33 heavy (non-hydrogen) atoms. The van der Waals surface area contributed by atoms with Crippen molar-refractivity contribution in [2.24, 2.45) is 11.7 Å². The third-order valence-corrected chi connectivity index (χ3v) is 5.85. The summed E-state index contributed by atoms with van der Waals surface area (Å²) in [5.41, 5.74) is 6.73. The van der Waals surface area contributed by atoms with Gasteiger partial charge in [-0.25, -0.2) is 0 Å². The van der Waals surface area contributed by atoms with Crippen LogP contribution in [0, 0.1) is 16.0 Å². The number of methoxy groups -OCH3 is 2. The molecule has 10 nitrogen and oxygen atoms in total. The zero-order valence-electron chi connectivity index (χ0n) is 18.6. The molecule has 3 rings (SSSR count). The van der Waals surface area contributed by atoms with Crippen molar-refractivity contribution < 1.29 is 24.0 Å². The van der Waals surface area contributed by atoms with Gasteiger partial charge in [0.2, 0.25) is 5.91 Å². The molecule has 2 amide bonds. The van der Waals surface area contributed by atoms with Gasteiger partial charge < -0.3 is 25.8 Å². The maximum Gasteiger partial charge on any atom is 0.270 e. The number of carbonyl (C=O) groups is 2. The van der Waals surface area contributed by atoms with E-state index >= 15 is 0 Å². The van der Waals surface area contributed by atoms with Gasteiger partial charge in [0.15, 0.2) is 11.5 Å². The van der Waals surface area contributed by atoms with E-state index in [1.54, 1.807) is 20.3 Å². The molecule has 10 heteroatoms. The Labute approximate surface area is 191 Å². The Bertz CT molecular complexity index is 1030.